The molecule has 4 aromatic rings. The van der Waals surface area contributed by atoms with Crippen LogP contribution in [0.2, 0.25) is 5.02 Å². The van der Waals surface area contributed by atoms with Crippen molar-refractivity contribution in [1.29, 1.82) is 0 Å². The molecule has 0 aliphatic rings. The third-order valence-electron chi connectivity index (χ3n) is 4.83. The van der Waals surface area contributed by atoms with Gasteiger partial charge >= 0.3 is 35.7 Å². The molecule has 0 unspecified atom stereocenters. The maximum atomic E-state index is 13.3. The summed E-state index contributed by atoms with van der Waals surface area (Å²) in [4.78, 5) is 14.9. The van der Waals surface area contributed by atoms with Gasteiger partial charge in [-0.05, 0) is 36.4 Å². The Bertz CT molecular complexity index is 1320. The first kappa shape index (κ1) is 25.1. The predicted molar refractivity (Wildman–Crippen MR) is 107 cm³/mol. The number of carbonyl (C=O) groups is 1. The number of rotatable bonds is 6. The van der Waals surface area contributed by atoms with Crippen molar-refractivity contribution in [3.8, 4) is 28.6 Å². The molecule has 0 spiro atoms. The van der Waals surface area contributed by atoms with E-state index in [1.54, 1.807) is 29.0 Å². The minimum atomic E-state index is -4.62. The third-order valence-corrected chi connectivity index (χ3v) is 5.13. The average molecular weight is 488 g/mol. The number of ether oxygens (including phenoxy) is 1. The molecule has 0 bridgehead atoms. The molecule has 4 rings (SSSR count). The Morgan fingerprint density at radius 3 is 2.61 bits per heavy atom. The number of halogens is 4. The van der Waals surface area contributed by atoms with Gasteiger partial charge in [-0.1, -0.05) is 16.8 Å². The van der Waals surface area contributed by atoms with Crippen molar-refractivity contribution in [2.24, 2.45) is 0 Å². The molecule has 2 aromatic carbocycles. The molecule has 0 fully saturated rings. The van der Waals surface area contributed by atoms with Gasteiger partial charge in [0.1, 0.15) is 5.75 Å². The third kappa shape index (κ3) is 5.19. The molecule has 0 radical (unpaired) electrons. The molecular formula is C21H14ClF3N3NaO4. The van der Waals surface area contributed by atoms with Crippen LogP contribution in [0.4, 0.5) is 13.2 Å². The average Bonchev–Trinajstić information content (AvgIpc) is 3.36. The van der Waals surface area contributed by atoms with Crippen LogP contribution in [-0.4, -0.2) is 27.8 Å². The van der Waals surface area contributed by atoms with Gasteiger partial charge < -0.3 is 23.7 Å². The first-order chi connectivity index (χ1) is 15.2. The smallest absolute Gasteiger partial charge is 0.550 e. The van der Waals surface area contributed by atoms with Crippen LogP contribution >= 0.6 is 11.6 Å². The number of aryl methyl sites for hydroxylation is 1. The molecule has 0 aliphatic heterocycles. The van der Waals surface area contributed by atoms with Gasteiger partial charge in [-0.2, -0.15) is 18.2 Å². The number of nitrogens with zero attached hydrogens (tertiary/aromatic N) is 3. The van der Waals surface area contributed by atoms with E-state index in [4.69, 9.17) is 20.9 Å². The van der Waals surface area contributed by atoms with Gasteiger partial charge in [0.15, 0.2) is 0 Å². The topological polar surface area (TPSA) is 93.2 Å². The largest absolute Gasteiger partial charge is 1.00 e. The quantitative estimate of drug-likeness (QED) is 0.379. The van der Waals surface area contributed by atoms with Crippen molar-refractivity contribution >= 4 is 28.5 Å². The molecule has 12 heteroatoms. The van der Waals surface area contributed by atoms with Gasteiger partial charge in [-0.3, -0.25) is 0 Å². The number of carboxylic acids is 1. The summed E-state index contributed by atoms with van der Waals surface area (Å²) in [6.45, 7) is 0.191. The first-order valence-corrected chi connectivity index (χ1v) is 9.63. The van der Waals surface area contributed by atoms with E-state index >= 15 is 0 Å². The zero-order valence-electron chi connectivity index (χ0n) is 17.4. The monoisotopic (exact) mass is 487 g/mol. The maximum absolute atomic E-state index is 13.3. The zero-order valence-corrected chi connectivity index (χ0v) is 20.2. The molecular weight excluding hydrogens is 474 g/mol. The van der Waals surface area contributed by atoms with E-state index in [2.05, 4.69) is 10.1 Å². The fourth-order valence-corrected chi connectivity index (χ4v) is 3.58. The molecule has 0 saturated heterocycles. The molecule has 7 nitrogen and oxygen atoms in total. The summed E-state index contributed by atoms with van der Waals surface area (Å²) in [5.41, 5.74) is 0.359. The fraction of sp³-hybridized carbons (Fsp3) is 0.190. The van der Waals surface area contributed by atoms with E-state index < -0.39 is 17.7 Å². The summed E-state index contributed by atoms with van der Waals surface area (Å²) in [6.07, 6.45) is -3.18. The standard InChI is InChI=1S/C21H15ClF3N3O4.Na/c1-31-17-5-3-12(9-14(17)21(23,24)25)20-26-19(27-32-20)11-2-4-16-13(8-11)15(22)10-28(16)7-6-18(29)30;/h2-5,8-10H,6-7H2,1H3,(H,29,30);/q;+1/p-1. The summed E-state index contributed by atoms with van der Waals surface area (Å²) >= 11 is 6.28. The molecule has 166 valence electrons. The maximum Gasteiger partial charge on any atom is 1.00 e. The second kappa shape index (κ2) is 9.76. The SMILES string of the molecule is COc1ccc(-c2nc(-c3ccc4c(c3)c(Cl)cn4CCC(=O)[O-])no2)cc1C(F)(F)F.[Na+]. The Hall–Kier alpha value is -2.53. The van der Waals surface area contributed by atoms with Gasteiger partial charge in [-0.15, -0.1) is 0 Å². The van der Waals surface area contributed by atoms with E-state index in [0.29, 0.717) is 21.5 Å². The van der Waals surface area contributed by atoms with Crippen molar-refractivity contribution in [2.75, 3.05) is 7.11 Å². The summed E-state index contributed by atoms with van der Waals surface area (Å²) < 4.78 is 51.5. The molecule has 0 amide bonds. The van der Waals surface area contributed by atoms with Gasteiger partial charge in [-0.25, -0.2) is 0 Å². The Morgan fingerprint density at radius 1 is 1.21 bits per heavy atom. The molecule has 2 heterocycles. The van der Waals surface area contributed by atoms with Crippen molar-refractivity contribution in [2.45, 2.75) is 19.1 Å². The van der Waals surface area contributed by atoms with Crippen LogP contribution in [-0.2, 0) is 17.5 Å². The number of alkyl halides is 3. The molecule has 0 atom stereocenters. The fourth-order valence-electron chi connectivity index (χ4n) is 3.31. The van der Waals surface area contributed by atoms with Crippen LogP contribution in [0.5, 0.6) is 5.75 Å². The summed E-state index contributed by atoms with van der Waals surface area (Å²) in [6, 6.07) is 8.55. The minimum Gasteiger partial charge on any atom is -0.550 e. The number of benzene rings is 2. The Morgan fingerprint density at radius 2 is 1.94 bits per heavy atom. The Kier molecular flexibility index (Phi) is 7.42. The van der Waals surface area contributed by atoms with Crippen molar-refractivity contribution in [3.63, 3.8) is 0 Å². The van der Waals surface area contributed by atoms with Crippen LogP contribution in [0.1, 0.15) is 12.0 Å². The molecule has 0 aliphatic carbocycles. The first-order valence-electron chi connectivity index (χ1n) is 9.25. The van der Waals surface area contributed by atoms with Crippen LogP contribution in [0.25, 0.3) is 33.7 Å². The number of aliphatic carboxylic acids is 1. The van der Waals surface area contributed by atoms with E-state index in [0.717, 1.165) is 13.2 Å². The van der Waals surface area contributed by atoms with Gasteiger partial charge in [0, 0.05) is 47.2 Å². The van der Waals surface area contributed by atoms with Crippen LogP contribution < -0.4 is 39.4 Å². The summed E-state index contributed by atoms with van der Waals surface area (Å²) in [5, 5.41) is 15.6. The number of methoxy groups -OCH3 is 1. The van der Waals surface area contributed by atoms with E-state index in [9.17, 15) is 23.1 Å². The van der Waals surface area contributed by atoms with E-state index in [1.165, 1.54) is 12.1 Å². The second-order valence-electron chi connectivity index (χ2n) is 6.86. The van der Waals surface area contributed by atoms with Crippen LogP contribution in [0.3, 0.4) is 0 Å². The van der Waals surface area contributed by atoms with Crippen LogP contribution in [0.15, 0.2) is 47.1 Å². The number of carbonyl (C=O) groups excluding carboxylic acids is 1. The van der Waals surface area contributed by atoms with Crippen LogP contribution in [0, 0.1) is 0 Å². The van der Waals surface area contributed by atoms with Crippen molar-refractivity contribution in [1.82, 2.24) is 14.7 Å². The van der Waals surface area contributed by atoms with Gasteiger partial charge in [0.2, 0.25) is 5.82 Å². The number of fused-ring (bicyclic) bond motifs is 1. The Balaban J connectivity index is 0.00000306. The second-order valence-corrected chi connectivity index (χ2v) is 7.27. The number of aromatic nitrogens is 3. The molecule has 0 saturated carbocycles. The predicted octanol–water partition coefficient (Wildman–Crippen LogP) is 1.18. The van der Waals surface area contributed by atoms with Crippen molar-refractivity contribution < 1.29 is 61.9 Å². The van der Waals surface area contributed by atoms with E-state index in [1.807, 2.05) is 0 Å². The zero-order chi connectivity index (χ0) is 23.0. The van der Waals surface area contributed by atoms with Crippen molar-refractivity contribution in [3.05, 3.63) is 53.2 Å². The normalized spacial score (nSPS) is 11.4. The van der Waals surface area contributed by atoms with E-state index in [-0.39, 0.29) is 65.6 Å². The summed E-state index contributed by atoms with van der Waals surface area (Å²) in [7, 11) is 1.15. The minimum absolute atomic E-state index is 0. The summed E-state index contributed by atoms with van der Waals surface area (Å²) in [5.74, 6) is -1.42. The molecule has 2 aromatic heterocycles. The number of carboxylic acid groups (broad SMARTS) is 1. The van der Waals surface area contributed by atoms with Gasteiger partial charge in [0.05, 0.1) is 17.7 Å². The Labute approximate surface area is 212 Å². The molecule has 0 N–H and O–H groups in total. The number of hydrogen-bond acceptors (Lipinski definition) is 6. The number of hydrogen-bond donors (Lipinski definition) is 0. The van der Waals surface area contributed by atoms with Gasteiger partial charge in [0.25, 0.3) is 5.89 Å². The molecule has 33 heavy (non-hydrogen) atoms.